The number of hydrogen-bond acceptors (Lipinski definition) is 6. The summed E-state index contributed by atoms with van der Waals surface area (Å²) in [5, 5.41) is 0. The third-order valence-electron chi connectivity index (χ3n) is 3.68. The van der Waals surface area contributed by atoms with Crippen LogP contribution in [0.1, 0.15) is 72.1 Å². The number of carbonyl (C=O) groups excluding carboxylic acids is 3. The molecule has 0 bridgehead atoms. The molecule has 2 unspecified atom stereocenters. The van der Waals surface area contributed by atoms with Crippen LogP contribution >= 0.6 is 0 Å². The fourth-order valence-electron chi connectivity index (χ4n) is 2.22. The van der Waals surface area contributed by atoms with Crippen molar-refractivity contribution < 1.29 is 28.6 Å². The summed E-state index contributed by atoms with van der Waals surface area (Å²) < 4.78 is 15.3. The molecule has 25 heavy (non-hydrogen) atoms. The summed E-state index contributed by atoms with van der Waals surface area (Å²) >= 11 is 0. The van der Waals surface area contributed by atoms with E-state index < -0.39 is 5.97 Å². The molecule has 1 aliphatic rings. The van der Waals surface area contributed by atoms with Crippen LogP contribution in [0.2, 0.25) is 0 Å². The zero-order chi connectivity index (χ0) is 19.1. The van der Waals surface area contributed by atoms with Gasteiger partial charge in [0.2, 0.25) is 0 Å². The van der Waals surface area contributed by atoms with Crippen molar-refractivity contribution in [3.63, 3.8) is 0 Å². The van der Waals surface area contributed by atoms with Gasteiger partial charge < -0.3 is 14.2 Å². The van der Waals surface area contributed by atoms with Crippen LogP contribution in [-0.4, -0.2) is 36.7 Å². The molecular weight excluding hydrogens is 324 g/mol. The number of rotatable bonds is 8. The Bertz CT molecular complexity index is 416. The molecule has 0 radical (unpaired) electrons. The molecule has 0 aromatic heterocycles. The smallest absolute Gasteiger partial charge is 0.330 e. The molecule has 6 nitrogen and oxygen atoms in total. The number of carbonyl (C=O) groups is 3. The summed E-state index contributed by atoms with van der Waals surface area (Å²) in [5.41, 5.74) is 0. The lowest BCUT2D eigenvalue weighted by molar-refractivity contribution is -0.170. The third kappa shape index (κ3) is 12.2. The van der Waals surface area contributed by atoms with E-state index in [2.05, 4.69) is 20.4 Å². The van der Waals surface area contributed by atoms with E-state index in [0.29, 0.717) is 19.3 Å². The van der Waals surface area contributed by atoms with Crippen molar-refractivity contribution in [2.45, 2.75) is 84.3 Å². The van der Waals surface area contributed by atoms with Crippen LogP contribution in [0, 0.1) is 0 Å². The SMILES string of the molecule is C=CC(=O)OCCCC(=O)OC1CCCCC1OC(C)=O.CCCC. The first-order chi connectivity index (χ1) is 11.9. The van der Waals surface area contributed by atoms with E-state index >= 15 is 0 Å². The van der Waals surface area contributed by atoms with E-state index in [9.17, 15) is 14.4 Å². The fourth-order valence-corrected chi connectivity index (χ4v) is 2.22. The van der Waals surface area contributed by atoms with Crippen molar-refractivity contribution in [2.75, 3.05) is 6.61 Å². The summed E-state index contributed by atoms with van der Waals surface area (Å²) in [4.78, 5) is 33.6. The van der Waals surface area contributed by atoms with Crippen molar-refractivity contribution in [1.29, 1.82) is 0 Å². The number of ether oxygens (including phenoxy) is 3. The maximum Gasteiger partial charge on any atom is 0.330 e. The zero-order valence-corrected chi connectivity index (χ0v) is 15.8. The molecule has 144 valence electrons. The Kier molecular flexibility index (Phi) is 13.4. The van der Waals surface area contributed by atoms with Gasteiger partial charge in [0.25, 0.3) is 0 Å². The van der Waals surface area contributed by atoms with E-state index in [4.69, 9.17) is 14.2 Å². The summed E-state index contributed by atoms with van der Waals surface area (Å²) in [6.45, 7) is 9.14. The normalized spacial score (nSPS) is 19.0. The van der Waals surface area contributed by atoms with Crippen molar-refractivity contribution in [2.24, 2.45) is 0 Å². The van der Waals surface area contributed by atoms with Crippen LogP contribution in [0.5, 0.6) is 0 Å². The molecule has 0 amide bonds. The molecule has 0 saturated heterocycles. The minimum absolute atomic E-state index is 0.151. The highest BCUT2D eigenvalue weighted by Gasteiger charge is 2.30. The van der Waals surface area contributed by atoms with Crippen molar-refractivity contribution in [3.05, 3.63) is 12.7 Å². The van der Waals surface area contributed by atoms with Gasteiger partial charge in [-0.25, -0.2) is 4.79 Å². The molecule has 0 aromatic carbocycles. The van der Waals surface area contributed by atoms with Crippen LogP contribution in [0.4, 0.5) is 0 Å². The first-order valence-corrected chi connectivity index (χ1v) is 9.10. The second-order valence-corrected chi connectivity index (χ2v) is 5.94. The zero-order valence-electron chi connectivity index (χ0n) is 15.8. The molecule has 2 atom stereocenters. The number of unbranched alkanes of at least 4 members (excludes halogenated alkanes) is 1. The summed E-state index contributed by atoms with van der Waals surface area (Å²) in [5.74, 6) is -1.24. The molecular formula is C19H32O6. The second-order valence-electron chi connectivity index (χ2n) is 5.94. The largest absolute Gasteiger partial charge is 0.463 e. The van der Waals surface area contributed by atoms with Crippen LogP contribution < -0.4 is 0 Å². The summed E-state index contributed by atoms with van der Waals surface area (Å²) in [6.07, 6.45) is 6.88. The van der Waals surface area contributed by atoms with E-state index in [1.165, 1.54) is 19.8 Å². The van der Waals surface area contributed by atoms with Gasteiger partial charge in [-0.1, -0.05) is 33.3 Å². The lowest BCUT2D eigenvalue weighted by Crippen LogP contribution is -2.37. The van der Waals surface area contributed by atoms with Gasteiger partial charge in [0.05, 0.1) is 6.61 Å². The summed E-state index contributed by atoms with van der Waals surface area (Å²) in [6, 6.07) is 0. The Hall–Kier alpha value is -1.85. The van der Waals surface area contributed by atoms with Crippen LogP contribution in [0.15, 0.2) is 12.7 Å². The molecule has 0 aliphatic heterocycles. The van der Waals surface area contributed by atoms with E-state index in [1.54, 1.807) is 0 Å². The van der Waals surface area contributed by atoms with E-state index in [0.717, 1.165) is 18.9 Å². The first kappa shape index (κ1) is 23.1. The Morgan fingerprint density at radius 3 is 2.08 bits per heavy atom. The van der Waals surface area contributed by atoms with Gasteiger partial charge in [-0.15, -0.1) is 0 Å². The molecule has 0 aromatic rings. The van der Waals surface area contributed by atoms with Gasteiger partial charge in [0.15, 0.2) is 0 Å². The molecule has 1 saturated carbocycles. The molecule has 0 heterocycles. The van der Waals surface area contributed by atoms with Gasteiger partial charge in [-0.3, -0.25) is 9.59 Å². The highest BCUT2D eigenvalue weighted by atomic mass is 16.6. The lowest BCUT2D eigenvalue weighted by atomic mass is 9.94. The van der Waals surface area contributed by atoms with Crippen LogP contribution in [0.25, 0.3) is 0 Å². The maximum atomic E-state index is 11.7. The van der Waals surface area contributed by atoms with Gasteiger partial charge in [-0.05, 0) is 32.1 Å². The predicted octanol–water partition coefficient (Wildman–Crippen LogP) is 3.72. The Morgan fingerprint density at radius 1 is 1.04 bits per heavy atom. The predicted molar refractivity (Wildman–Crippen MR) is 94.9 cm³/mol. The van der Waals surface area contributed by atoms with Gasteiger partial charge in [0.1, 0.15) is 12.2 Å². The lowest BCUT2D eigenvalue weighted by Gasteiger charge is -2.30. The molecule has 1 fully saturated rings. The molecule has 0 N–H and O–H groups in total. The fraction of sp³-hybridized carbons (Fsp3) is 0.737. The quantitative estimate of drug-likeness (QED) is 0.285. The first-order valence-electron chi connectivity index (χ1n) is 9.10. The van der Waals surface area contributed by atoms with Gasteiger partial charge in [-0.2, -0.15) is 0 Å². The summed E-state index contributed by atoms with van der Waals surface area (Å²) in [7, 11) is 0. The minimum Gasteiger partial charge on any atom is -0.463 e. The molecule has 0 spiro atoms. The van der Waals surface area contributed by atoms with E-state index in [-0.39, 0.29) is 37.2 Å². The van der Waals surface area contributed by atoms with E-state index in [1.807, 2.05) is 0 Å². The highest BCUT2D eigenvalue weighted by molar-refractivity contribution is 5.81. The highest BCUT2D eigenvalue weighted by Crippen LogP contribution is 2.24. The number of esters is 3. The van der Waals surface area contributed by atoms with Crippen molar-refractivity contribution >= 4 is 17.9 Å². The van der Waals surface area contributed by atoms with Crippen molar-refractivity contribution in [1.82, 2.24) is 0 Å². The average Bonchev–Trinajstić information content (AvgIpc) is 2.60. The molecule has 1 aliphatic carbocycles. The monoisotopic (exact) mass is 356 g/mol. The topological polar surface area (TPSA) is 78.9 Å². The Balaban J connectivity index is 0.00000129. The standard InChI is InChI=1S/C15H22O6.C4H10/c1-3-14(17)19-10-6-9-15(18)21-13-8-5-4-7-12(13)20-11(2)16;1-3-4-2/h3,12-13H,1,4-10H2,2H3;3-4H2,1-2H3. The Labute approximate surface area is 150 Å². The average molecular weight is 356 g/mol. The minimum atomic E-state index is -0.509. The Morgan fingerprint density at radius 2 is 1.60 bits per heavy atom. The third-order valence-corrected chi connectivity index (χ3v) is 3.68. The van der Waals surface area contributed by atoms with Crippen LogP contribution in [-0.2, 0) is 28.6 Å². The second kappa shape index (κ2) is 14.5. The molecule has 6 heteroatoms. The van der Waals surface area contributed by atoms with Gasteiger partial charge >= 0.3 is 17.9 Å². The molecule has 1 rings (SSSR count). The maximum absolute atomic E-state index is 11.7. The van der Waals surface area contributed by atoms with Crippen molar-refractivity contribution in [3.8, 4) is 0 Å². The number of hydrogen-bond donors (Lipinski definition) is 0. The van der Waals surface area contributed by atoms with Gasteiger partial charge in [0, 0.05) is 19.4 Å². The van der Waals surface area contributed by atoms with Crippen LogP contribution in [0.3, 0.4) is 0 Å².